The topological polar surface area (TPSA) is 71.7 Å². The van der Waals surface area contributed by atoms with Crippen LogP contribution in [0.4, 0.5) is 0 Å². The molecule has 0 bridgehead atoms. The number of nitrogens with one attached hydrogen (secondary N) is 1. The minimum atomic E-state index is -0.0969. The first-order chi connectivity index (χ1) is 13.2. The van der Waals surface area contributed by atoms with Crippen molar-refractivity contribution in [2.24, 2.45) is 5.92 Å². The van der Waals surface area contributed by atoms with Crippen molar-refractivity contribution in [1.82, 2.24) is 29.4 Å². The Morgan fingerprint density at radius 2 is 1.96 bits per heavy atom. The van der Waals surface area contributed by atoms with Gasteiger partial charge in [-0.1, -0.05) is 18.2 Å². The Morgan fingerprint density at radius 1 is 1.19 bits per heavy atom. The molecule has 1 aliphatic heterocycles. The summed E-state index contributed by atoms with van der Waals surface area (Å²) in [6.07, 6.45) is 7.23. The average Bonchev–Trinajstić information content (AvgIpc) is 3.30. The first-order valence-corrected chi connectivity index (χ1v) is 9.68. The average molecular weight is 366 g/mol. The number of piperidine rings is 1. The number of aromatic nitrogens is 5. The molecule has 3 aromatic rings. The molecule has 7 heteroatoms. The Morgan fingerprint density at radius 3 is 2.70 bits per heavy atom. The molecule has 0 spiro atoms. The lowest BCUT2D eigenvalue weighted by Crippen LogP contribution is -2.34. The van der Waals surface area contributed by atoms with Crippen LogP contribution in [-0.4, -0.2) is 42.5 Å². The Hall–Kier alpha value is -2.67. The zero-order valence-corrected chi connectivity index (χ0v) is 15.7. The van der Waals surface area contributed by atoms with E-state index in [1.165, 1.54) is 5.56 Å². The molecule has 0 unspecified atom stereocenters. The van der Waals surface area contributed by atoms with Crippen molar-refractivity contribution < 1.29 is 0 Å². The smallest absolute Gasteiger partial charge is 0.299 e. The van der Waals surface area contributed by atoms with Gasteiger partial charge in [-0.3, -0.25) is 9.47 Å². The lowest BCUT2D eigenvalue weighted by molar-refractivity contribution is 0.175. The molecule has 0 aliphatic carbocycles. The summed E-state index contributed by atoms with van der Waals surface area (Å²) in [4.78, 5) is 14.2. The summed E-state index contributed by atoms with van der Waals surface area (Å²) in [7, 11) is 0. The van der Waals surface area contributed by atoms with E-state index in [-0.39, 0.29) is 5.69 Å². The third-order valence-corrected chi connectivity index (χ3v) is 5.39. The normalized spacial score (nSPS) is 16.0. The van der Waals surface area contributed by atoms with Crippen molar-refractivity contribution in [2.45, 2.75) is 39.3 Å². The molecule has 0 saturated carbocycles. The lowest BCUT2D eigenvalue weighted by atomic mass is 9.93. The van der Waals surface area contributed by atoms with E-state index in [1.807, 2.05) is 36.0 Å². The quantitative estimate of drug-likeness (QED) is 0.726. The predicted molar refractivity (Wildman–Crippen MR) is 104 cm³/mol. The first kappa shape index (κ1) is 17.7. The van der Waals surface area contributed by atoms with Gasteiger partial charge in [-0.2, -0.15) is 10.2 Å². The van der Waals surface area contributed by atoms with Gasteiger partial charge < -0.3 is 0 Å². The van der Waals surface area contributed by atoms with Crippen LogP contribution in [0.5, 0.6) is 0 Å². The van der Waals surface area contributed by atoms with Gasteiger partial charge in [0.2, 0.25) is 0 Å². The summed E-state index contributed by atoms with van der Waals surface area (Å²) >= 11 is 0. The predicted octanol–water partition coefficient (Wildman–Crippen LogP) is 2.23. The maximum atomic E-state index is 11.7. The van der Waals surface area contributed by atoms with Gasteiger partial charge in [-0.05, 0) is 50.9 Å². The van der Waals surface area contributed by atoms with Crippen LogP contribution in [0.3, 0.4) is 0 Å². The van der Waals surface area contributed by atoms with Gasteiger partial charge in [0, 0.05) is 31.3 Å². The van der Waals surface area contributed by atoms with Gasteiger partial charge in [0.25, 0.3) is 0 Å². The number of hydrogen-bond donors (Lipinski definition) is 1. The third-order valence-electron chi connectivity index (χ3n) is 5.39. The van der Waals surface area contributed by atoms with Gasteiger partial charge in [0.05, 0.1) is 11.9 Å². The van der Waals surface area contributed by atoms with E-state index in [2.05, 4.69) is 38.5 Å². The van der Waals surface area contributed by atoms with Crippen molar-refractivity contribution in [2.75, 3.05) is 13.1 Å². The van der Waals surface area contributed by atoms with Gasteiger partial charge in [-0.25, -0.2) is 14.6 Å². The number of aromatic amines is 1. The molecule has 2 aromatic heterocycles. The lowest BCUT2D eigenvalue weighted by Gasteiger charge is -2.31. The van der Waals surface area contributed by atoms with E-state index in [1.54, 1.807) is 4.57 Å². The summed E-state index contributed by atoms with van der Waals surface area (Å²) in [5.41, 5.74) is 2.23. The summed E-state index contributed by atoms with van der Waals surface area (Å²) < 4.78 is 3.67. The molecule has 1 aliphatic rings. The van der Waals surface area contributed by atoms with E-state index >= 15 is 0 Å². The second-order valence-electron chi connectivity index (χ2n) is 7.24. The highest BCUT2D eigenvalue weighted by molar-refractivity contribution is 5.30. The van der Waals surface area contributed by atoms with E-state index in [9.17, 15) is 4.79 Å². The highest BCUT2D eigenvalue weighted by Crippen LogP contribution is 2.22. The Bertz CT molecular complexity index is 917. The van der Waals surface area contributed by atoms with Crippen LogP contribution in [0.2, 0.25) is 0 Å². The molecular weight excluding hydrogens is 340 g/mol. The molecule has 1 saturated heterocycles. The Balaban J connectivity index is 1.31. The number of para-hydroxylation sites is 1. The van der Waals surface area contributed by atoms with Crippen LogP contribution in [0.25, 0.3) is 5.69 Å². The molecule has 0 atom stereocenters. The zero-order valence-electron chi connectivity index (χ0n) is 15.7. The number of nitrogens with zero attached hydrogens (tertiary/aromatic N) is 5. The van der Waals surface area contributed by atoms with Crippen molar-refractivity contribution in [1.29, 1.82) is 0 Å². The summed E-state index contributed by atoms with van der Waals surface area (Å²) in [5, 5.41) is 11.3. The van der Waals surface area contributed by atoms with Crippen LogP contribution in [-0.2, 0) is 19.5 Å². The van der Waals surface area contributed by atoms with Crippen molar-refractivity contribution >= 4 is 0 Å². The molecule has 0 radical (unpaired) electrons. The number of benzene rings is 1. The third kappa shape index (κ3) is 4.03. The van der Waals surface area contributed by atoms with Gasteiger partial charge in [-0.15, -0.1) is 0 Å². The number of likely N-dealkylation sites (tertiary alicyclic amines) is 1. The van der Waals surface area contributed by atoms with Crippen LogP contribution in [0.1, 0.15) is 31.2 Å². The van der Waals surface area contributed by atoms with E-state index in [0.29, 0.717) is 12.5 Å². The van der Waals surface area contributed by atoms with E-state index in [0.717, 1.165) is 50.4 Å². The second kappa shape index (κ2) is 7.92. The summed E-state index contributed by atoms with van der Waals surface area (Å²) in [5.74, 6) is 1.49. The largest absolute Gasteiger partial charge is 0.343 e. The van der Waals surface area contributed by atoms with Crippen LogP contribution < -0.4 is 5.69 Å². The fraction of sp³-hybridized carbons (Fsp3) is 0.450. The standard InChI is InChI=1S/C20H26N6O/c1-2-25-19(22-23-20(25)27)12-16-8-10-24(11-9-16)14-17-13-21-26(15-17)18-6-4-3-5-7-18/h3-7,13,15-16H,2,8-12,14H2,1H3,(H,23,27). The highest BCUT2D eigenvalue weighted by Gasteiger charge is 2.22. The van der Waals surface area contributed by atoms with Crippen molar-refractivity contribution in [3.05, 3.63) is 64.6 Å². The van der Waals surface area contributed by atoms with Crippen molar-refractivity contribution in [3.8, 4) is 5.69 Å². The molecule has 1 N–H and O–H groups in total. The minimum Gasteiger partial charge on any atom is -0.299 e. The molecule has 1 aromatic carbocycles. The van der Waals surface area contributed by atoms with Crippen LogP contribution >= 0.6 is 0 Å². The number of hydrogen-bond acceptors (Lipinski definition) is 4. The molecule has 7 nitrogen and oxygen atoms in total. The van der Waals surface area contributed by atoms with Crippen LogP contribution in [0, 0.1) is 5.92 Å². The van der Waals surface area contributed by atoms with E-state index < -0.39 is 0 Å². The molecule has 1 fully saturated rings. The second-order valence-corrected chi connectivity index (χ2v) is 7.24. The number of rotatable bonds is 6. The molecule has 0 amide bonds. The Labute approximate surface area is 158 Å². The first-order valence-electron chi connectivity index (χ1n) is 9.68. The van der Waals surface area contributed by atoms with Crippen LogP contribution in [0.15, 0.2) is 47.5 Å². The molecule has 27 heavy (non-hydrogen) atoms. The molecule has 142 valence electrons. The highest BCUT2D eigenvalue weighted by atomic mass is 16.1. The monoisotopic (exact) mass is 366 g/mol. The molecular formula is C20H26N6O. The molecule has 4 rings (SSSR count). The SMILES string of the molecule is CCn1c(CC2CCN(Cc3cnn(-c4ccccc4)c3)CC2)n[nH]c1=O. The number of H-pyrrole nitrogens is 1. The van der Waals surface area contributed by atoms with E-state index in [4.69, 9.17) is 0 Å². The maximum absolute atomic E-state index is 11.7. The Kier molecular flexibility index (Phi) is 5.20. The van der Waals surface area contributed by atoms with Gasteiger partial charge in [0.15, 0.2) is 0 Å². The van der Waals surface area contributed by atoms with Gasteiger partial charge in [0.1, 0.15) is 5.82 Å². The fourth-order valence-corrected chi connectivity index (χ4v) is 3.86. The summed E-state index contributed by atoms with van der Waals surface area (Å²) in [6.45, 7) is 5.74. The molecule has 3 heterocycles. The fourth-order valence-electron chi connectivity index (χ4n) is 3.86. The maximum Gasteiger partial charge on any atom is 0.343 e. The van der Waals surface area contributed by atoms with Gasteiger partial charge >= 0.3 is 5.69 Å². The van der Waals surface area contributed by atoms with Crippen molar-refractivity contribution in [3.63, 3.8) is 0 Å². The minimum absolute atomic E-state index is 0.0969. The summed E-state index contributed by atoms with van der Waals surface area (Å²) in [6, 6.07) is 10.2. The zero-order chi connectivity index (χ0) is 18.6.